The fraction of sp³-hybridized carbons (Fsp3) is 0.149. The molecule has 0 amide bonds. The number of fused-ring (bicyclic) bond motifs is 3. The third kappa shape index (κ3) is 5.15. The van der Waals surface area contributed by atoms with Crippen LogP contribution in [-0.2, 0) is 0 Å². The Labute approximate surface area is 288 Å². The van der Waals surface area contributed by atoms with Gasteiger partial charge in [0.15, 0.2) is 0 Å². The van der Waals surface area contributed by atoms with Crippen LogP contribution in [0.4, 0.5) is 0 Å². The Morgan fingerprint density at radius 3 is 1.80 bits per heavy atom. The minimum absolute atomic E-state index is 0.0307. The van der Waals surface area contributed by atoms with Crippen molar-refractivity contribution in [2.24, 2.45) is 11.8 Å². The largest absolute Gasteiger partial charge is 0.392 e. The van der Waals surface area contributed by atoms with Crippen molar-refractivity contribution in [3.63, 3.8) is 0 Å². The topological polar surface area (TPSA) is 25.2 Å². The van der Waals surface area contributed by atoms with Crippen LogP contribution >= 0.6 is 0 Å². The van der Waals surface area contributed by atoms with Crippen LogP contribution in [0.15, 0.2) is 152 Å². The lowest BCUT2D eigenvalue weighted by Gasteiger charge is -2.25. The van der Waals surface area contributed by atoms with Crippen LogP contribution in [0.25, 0.3) is 76.5 Å². The number of para-hydroxylation sites is 2. The van der Waals surface area contributed by atoms with E-state index < -0.39 is 6.10 Å². The molecule has 2 nitrogen and oxygen atoms in total. The SMILES string of the molecule is C/C=C\C.CC1C=CC(C(C)O)C=C1c1ccc2ccc3c(-c4cccc(-n5c6ccccc6c6ccccc65)c4)ccc4ccc1c2c43. The molecule has 7 aromatic carbocycles. The van der Waals surface area contributed by atoms with Crippen molar-refractivity contribution in [2.75, 3.05) is 0 Å². The summed E-state index contributed by atoms with van der Waals surface area (Å²) < 4.78 is 2.39. The van der Waals surface area contributed by atoms with E-state index in [0.29, 0.717) is 0 Å². The Morgan fingerprint density at radius 1 is 0.612 bits per heavy atom. The van der Waals surface area contributed by atoms with Crippen molar-refractivity contribution in [3.05, 3.63) is 157 Å². The highest BCUT2D eigenvalue weighted by molar-refractivity contribution is 6.27. The summed E-state index contributed by atoms with van der Waals surface area (Å²) in [6, 6.07) is 44.7. The van der Waals surface area contributed by atoms with Crippen LogP contribution in [0.5, 0.6) is 0 Å². The number of nitrogens with zero attached hydrogens (tertiary/aromatic N) is 1. The van der Waals surface area contributed by atoms with E-state index in [0.717, 1.165) is 5.69 Å². The van der Waals surface area contributed by atoms with Crippen molar-refractivity contribution in [1.82, 2.24) is 4.57 Å². The highest BCUT2D eigenvalue weighted by atomic mass is 16.3. The highest BCUT2D eigenvalue weighted by Crippen LogP contribution is 2.44. The van der Waals surface area contributed by atoms with E-state index in [1.54, 1.807) is 0 Å². The maximum absolute atomic E-state index is 10.4. The number of benzene rings is 7. The van der Waals surface area contributed by atoms with Gasteiger partial charge in [0.05, 0.1) is 17.1 Å². The highest BCUT2D eigenvalue weighted by Gasteiger charge is 2.22. The third-order valence-corrected chi connectivity index (χ3v) is 10.3. The molecule has 240 valence electrons. The van der Waals surface area contributed by atoms with Crippen LogP contribution in [0.2, 0.25) is 0 Å². The third-order valence-electron chi connectivity index (χ3n) is 10.3. The first-order valence-corrected chi connectivity index (χ1v) is 17.4. The maximum Gasteiger partial charge on any atom is 0.0609 e. The lowest BCUT2D eigenvalue weighted by Crippen LogP contribution is -2.16. The number of aromatic nitrogens is 1. The fourth-order valence-corrected chi connectivity index (χ4v) is 7.77. The molecule has 49 heavy (non-hydrogen) atoms. The normalized spacial score (nSPS) is 17.0. The van der Waals surface area contributed by atoms with E-state index >= 15 is 0 Å². The summed E-state index contributed by atoms with van der Waals surface area (Å²) >= 11 is 0. The van der Waals surface area contributed by atoms with E-state index in [2.05, 4.69) is 151 Å². The molecule has 1 heterocycles. The number of rotatable bonds is 4. The molecule has 3 atom stereocenters. The van der Waals surface area contributed by atoms with Crippen molar-refractivity contribution in [2.45, 2.75) is 33.8 Å². The van der Waals surface area contributed by atoms with Crippen molar-refractivity contribution < 1.29 is 5.11 Å². The number of allylic oxidation sites excluding steroid dienone is 4. The molecule has 0 spiro atoms. The van der Waals surface area contributed by atoms with Crippen LogP contribution < -0.4 is 0 Å². The Bertz CT molecular complexity index is 2520. The molecule has 1 aliphatic rings. The van der Waals surface area contributed by atoms with Gasteiger partial charge in [-0.15, -0.1) is 0 Å². The van der Waals surface area contributed by atoms with Crippen LogP contribution in [-0.4, -0.2) is 15.8 Å². The molecule has 9 rings (SSSR count). The molecule has 1 aromatic heterocycles. The van der Waals surface area contributed by atoms with Gasteiger partial charge >= 0.3 is 0 Å². The van der Waals surface area contributed by atoms with Gasteiger partial charge in [-0.05, 0) is 106 Å². The minimum Gasteiger partial charge on any atom is -0.392 e. The van der Waals surface area contributed by atoms with Gasteiger partial charge in [0.25, 0.3) is 0 Å². The minimum atomic E-state index is -0.413. The van der Waals surface area contributed by atoms with E-state index in [4.69, 9.17) is 0 Å². The monoisotopic (exact) mass is 635 g/mol. The summed E-state index contributed by atoms with van der Waals surface area (Å²) in [5.41, 5.74) is 8.61. The standard InChI is InChI=1S/C43H33NO.C4H8/c1-26-14-15-30(27(2)45)25-39(26)34-21-17-29-18-22-37-33(20-16-28-19-23-38(34)43(29)42(28)37)31-8-7-9-32(24-31)44-40-12-5-3-10-35(40)36-11-4-6-13-41(36)44;1-3-4-2/h3-27,30,45H,1-2H3;3-4H,1-2H3/b;4-3-. The molecule has 1 N–H and O–H groups in total. The van der Waals surface area contributed by atoms with Crippen LogP contribution in [0.3, 0.4) is 0 Å². The molecular formula is C47H41NO. The molecule has 0 aliphatic heterocycles. The Morgan fingerprint density at radius 2 is 1.18 bits per heavy atom. The van der Waals surface area contributed by atoms with Gasteiger partial charge in [0, 0.05) is 22.4 Å². The zero-order valence-corrected chi connectivity index (χ0v) is 28.6. The Kier molecular flexibility index (Phi) is 7.90. The molecule has 3 unspecified atom stereocenters. The second-order valence-electron chi connectivity index (χ2n) is 13.3. The molecule has 1 aliphatic carbocycles. The van der Waals surface area contributed by atoms with Crippen molar-refractivity contribution >= 4 is 59.7 Å². The summed E-state index contributed by atoms with van der Waals surface area (Å²) in [7, 11) is 0. The average molecular weight is 636 g/mol. The molecule has 0 fully saturated rings. The first-order valence-electron chi connectivity index (χ1n) is 17.4. The van der Waals surface area contributed by atoms with E-state index in [1.807, 2.05) is 32.9 Å². The van der Waals surface area contributed by atoms with Gasteiger partial charge in [-0.2, -0.15) is 0 Å². The lowest BCUT2D eigenvalue weighted by molar-refractivity contribution is 0.168. The number of hydrogen-bond donors (Lipinski definition) is 1. The maximum atomic E-state index is 10.4. The van der Waals surface area contributed by atoms with Gasteiger partial charge in [-0.1, -0.05) is 134 Å². The van der Waals surface area contributed by atoms with E-state index in [1.165, 1.54) is 76.4 Å². The molecule has 0 saturated carbocycles. The summed E-state index contributed by atoms with van der Waals surface area (Å²) in [5.74, 6) is 0.320. The molecule has 0 saturated heterocycles. The molecule has 2 heteroatoms. The average Bonchev–Trinajstić information content (AvgIpc) is 3.48. The fourth-order valence-electron chi connectivity index (χ4n) is 7.77. The second-order valence-corrected chi connectivity index (χ2v) is 13.3. The van der Waals surface area contributed by atoms with E-state index in [-0.39, 0.29) is 11.8 Å². The van der Waals surface area contributed by atoms with Gasteiger partial charge in [-0.25, -0.2) is 0 Å². The zero-order chi connectivity index (χ0) is 33.6. The summed E-state index contributed by atoms with van der Waals surface area (Å²) in [5, 5.41) is 20.6. The summed E-state index contributed by atoms with van der Waals surface area (Å²) in [4.78, 5) is 0. The van der Waals surface area contributed by atoms with Gasteiger partial charge < -0.3 is 9.67 Å². The lowest BCUT2D eigenvalue weighted by atomic mass is 9.80. The molecule has 0 radical (unpaired) electrons. The summed E-state index contributed by atoms with van der Waals surface area (Å²) in [6.45, 7) is 8.13. The van der Waals surface area contributed by atoms with Crippen LogP contribution in [0.1, 0.15) is 33.3 Å². The molecule has 0 bridgehead atoms. The predicted molar refractivity (Wildman–Crippen MR) is 212 cm³/mol. The smallest absolute Gasteiger partial charge is 0.0609 e. The quantitative estimate of drug-likeness (QED) is 0.151. The van der Waals surface area contributed by atoms with Crippen LogP contribution in [0, 0.1) is 11.8 Å². The first-order chi connectivity index (χ1) is 24.0. The Balaban J connectivity index is 0.000000829. The summed E-state index contributed by atoms with van der Waals surface area (Å²) in [6.07, 6.45) is 10.2. The van der Waals surface area contributed by atoms with Gasteiger partial charge in [-0.3, -0.25) is 0 Å². The van der Waals surface area contributed by atoms with Gasteiger partial charge in [0.2, 0.25) is 0 Å². The zero-order valence-electron chi connectivity index (χ0n) is 28.6. The van der Waals surface area contributed by atoms with Crippen molar-refractivity contribution in [3.8, 4) is 16.8 Å². The first kappa shape index (κ1) is 30.9. The number of aliphatic hydroxyl groups is 1. The number of hydrogen-bond acceptors (Lipinski definition) is 1. The molecular weight excluding hydrogens is 595 g/mol. The molecule has 8 aromatic rings. The van der Waals surface area contributed by atoms with E-state index in [9.17, 15) is 5.11 Å². The number of aliphatic hydroxyl groups excluding tert-OH is 1. The van der Waals surface area contributed by atoms with Gasteiger partial charge in [0.1, 0.15) is 0 Å². The van der Waals surface area contributed by atoms with Crippen molar-refractivity contribution in [1.29, 1.82) is 0 Å². The second kappa shape index (κ2) is 12.5. The Hall–Kier alpha value is -5.44. The predicted octanol–water partition coefficient (Wildman–Crippen LogP) is 12.5.